The maximum Gasteiger partial charge on any atom is 0.260 e. The second kappa shape index (κ2) is 4.66. The van der Waals surface area contributed by atoms with Crippen LogP contribution < -0.4 is 5.56 Å². The maximum absolute atomic E-state index is 12.2. The number of thiophene rings is 2. The van der Waals surface area contributed by atoms with Crippen LogP contribution in [0.25, 0.3) is 20.7 Å². The van der Waals surface area contributed by atoms with Crippen molar-refractivity contribution in [3.8, 4) is 10.4 Å². The van der Waals surface area contributed by atoms with Gasteiger partial charge in [-0.05, 0) is 17.9 Å². The first-order chi connectivity index (χ1) is 8.79. The lowest BCUT2D eigenvalue weighted by molar-refractivity contribution is 0.838. The van der Waals surface area contributed by atoms with Crippen LogP contribution in [-0.2, 0) is 6.42 Å². The highest BCUT2D eigenvalue weighted by molar-refractivity contribution is 7.18. The van der Waals surface area contributed by atoms with E-state index in [9.17, 15) is 4.79 Å². The third-order valence-corrected chi connectivity index (χ3v) is 4.54. The van der Waals surface area contributed by atoms with E-state index < -0.39 is 0 Å². The summed E-state index contributed by atoms with van der Waals surface area (Å²) in [6.07, 6.45) is 1.80. The highest BCUT2D eigenvalue weighted by atomic mass is 32.1. The average Bonchev–Trinajstić information content (AvgIpc) is 2.96. The van der Waals surface area contributed by atoms with E-state index in [0.717, 1.165) is 39.3 Å². The molecule has 1 N–H and O–H groups in total. The van der Waals surface area contributed by atoms with Crippen LogP contribution in [0, 0.1) is 0 Å². The Morgan fingerprint density at radius 3 is 3.00 bits per heavy atom. The lowest BCUT2D eigenvalue weighted by atomic mass is 10.2. The fourth-order valence-corrected chi connectivity index (χ4v) is 3.74. The van der Waals surface area contributed by atoms with Gasteiger partial charge in [0.05, 0.1) is 5.39 Å². The summed E-state index contributed by atoms with van der Waals surface area (Å²) in [6, 6.07) is 4.03. The number of hydrogen-bond donors (Lipinski definition) is 1. The smallest absolute Gasteiger partial charge is 0.260 e. The molecule has 0 radical (unpaired) electrons. The average molecular weight is 276 g/mol. The summed E-state index contributed by atoms with van der Waals surface area (Å²) in [4.78, 5) is 21.5. The molecule has 0 bridgehead atoms. The molecule has 3 aromatic rings. The molecule has 92 valence electrons. The lowest BCUT2D eigenvalue weighted by Gasteiger charge is -1.99. The molecule has 0 aliphatic carbocycles. The second-order valence-corrected chi connectivity index (χ2v) is 5.88. The summed E-state index contributed by atoms with van der Waals surface area (Å²) in [6.45, 7) is 2.08. The lowest BCUT2D eigenvalue weighted by Crippen LogP contribution is -2.11. The summed E-state index contributed by atoms with van der Waals surface area (Å²) in [5, 5.41) is 4.77. The third kappa shape index (κ3) is 1.89. The summed E-state index contributed by atoms with van der Waals surface area (Å²) in [5.74, 6) is 0.787. The van der Waals surface area contributed by atoms with Gasteiger partial charge >= 0.3 is 0 Å². The minimum Gasteiger partial charge on any atom is -0.310 e. The van der Waals surface area contributed by atoms with Crippen molar-refractivity contribution in [2.75, 3.05) is 0 Å². The maximum atomic E-state index is 12.2. The topological polar surface area (TPSA) is 45.8 Å². The molecule has 0 saturated carbocycles. The standard InChI is InChI=1S/C13H12N2OS2/c1-2-4-10-14-12(16)11-8(7-18-13(11)15-10)9-5-3-6-17-9/h3,5-7H,2,4H2,1H3,(H,14,15,16). The summed E-state index contributed by atoms with van der Waals surface area (Å²) in [5.41, 5.74) is 0.981. The summed E-state index contributed by atoms with van der Waals surface area (Å²) in [7, 11) is 0. The van der Waals surface area contributed by atoms with Gasteiger partial charge in [-0.1, -0.05) is 13.0 Å². The monoisotopic (exact) mass is 276 g/mol. The number of nitrogens with zero attached hydrogens (tertiary/aromatic N) is 1. The van der Waals surface area contributed by atoms with E-state index in [2.05, 4.69) is 16.9 Å². The third-order valence-electron chi connectivity index (χ3n) is 2.77. The molecule has 0 saturated heterocycles. The Kier molecular flexibility index (Phi) is 3.01. The van der Waals surface area contributed by atoms with Crippen LogP contribution in [0.2, 0.25) is 0 Å². The van der Waals surface area contributed by atoms with E-state index in [1.54, 1.807) is 22.7 Å². The van der Waals surface area contributed by atoms with Gasteiger partial charge in [-0.25, -0.2) is 4.98 Å². The minimum atomic E-state index is -0.0203. The molecule has 0 aliphatic rings. The van der Waals surface area contributed by atoms with E-state index >= 15 is 0 Å². The molecule has 0 fully saturated rings. The highest BCUT2D eigenvalue weighted by Crippen LogP contribution is 2.33. The predicted molar refractivity (Wildman–Crippen MR) is 77.5 cm³/mol. The quantitative estimate of drug-likeness (QED) is 0.793. The molecule has 5 heteroatoms. The van der Waals surface area contributed by atoms with Crippen molar-refractivity contribution in [2.45, 2.75) is 19.8 Å². The van der Waals surface area contributed by atoms with E-state index in [-0.39, 0.29) is 5.56 Å². The Bertz CT molecular complexity index is 725. The zero-order valence-electron chi connectivity index (χ0n) is 9.90. The Labute approximate surface area is 112 Å². The minimum absolute atomic E-state index is 0.0203. The second-order valence-electron chi connectivity index (χ2n) is 4.07. The molecule has 18 heavy (non-hydrogen) atoms. The fraction of sp³-hybridized carbons (Fsp3) is 0.231. The van der Waals surface area contributed by atoms with Gasteiger partial charge in [0.1, 0.15) is 10.7 Å². The molecule has 0 atom stereocenters. The summed E-state index contributed by atoms with van der Waals surface area (Å²) >= 11 is 3.19. The molecule has 0 aliphatic heterocycles. The normalized spacial score (nSPS) is 11.2. The highest BCUT2D eigenvalue weighted by Gasteiger charge is 2.12. The molecule has 0 unspecified atom stereocenters. The van der Waals surface area contributed by atoms with Gasteiger partial charge in [-0.2, -0.15) is 0 Å². The number of aryl methyl sites for hydroxylation is 1. The molecule has 3 heterocycles. The molecule has 0 amide bonds. The Morgan fingerprint density at radius 2 is 2.28 bits per heavy atom. The first-order valence-corrected chi connectivity index (χ1v) is 7.59. The van der Waals surface area contributed by atoms with Crippen LogP contribution in [0.5, 0.6) is 0 Å². The predicted octanol–water partition coefficient (Wildman–Crippen LogP) is 3.67. The fourth-order valence-electron chi connectivity index (χ4n) is 1.96. The molecule has 0 spiro atoms. The Hall–Kier alpha value is -1.46. The molecule has 0 aromatic carbocycles. The molecule has 3 nitrogen and oxygen atoms in total. The van der Waals surface area contributed by atoms with Gasteiger partial charge in [0.15, 0.2) is 0 Å². The molecule has 3 rings (SSSR count). The van der Waals surface area contributed by atoms with Crippen LogP contribution in [0.15, 0.2) is 27.7 Å². The largest absolute Gasteiger partial charge is 0.310 e. The van der Waals surface area contributed by atoms with Crippen molar-refractivity contribution in [3.63, 3.8) is 0 Å². The number of hydrogen-bond acceptors (Lipinski definition) is 4. The van der Waals surface area contributed by atoms with Gasteiger partial charge in [-0.15, -0.1) is 22.7 Å². The van der Waals surface area contributed by atoms with Gasteiger partial charge < -0.3 is 4.98 Å². The van der Waals surface area contributed by atoms with E-state index in [1.807, 2.05) is 22.9 Å². The Balaban J connectivity index is 2.23. The van der Waals surface area contributed by atoms with Crippen molar-refractivity contribution in [3.05, 3.63) is 39.1 Å². The van der Waals surface area contributed by atoms with Crippen molar-refractivity contribution >= 4 is 32.9 Å². The van der Waals surface area contributed by atoms with Crippen LogP contribution in [0.4, 0.5) is 0 Å². The summed E-state index contributed by atoms with van der Waals surface area (Å²) < 4.78 is 0. The van der Waals surface area contributed by atoms with Gasteiger partial charge in [0.2, 0.25) is 0 Å². The first-order valence-electron chi connectivity index (χ1n) is 5.84. The zero-order chi connectivity index (χ0) is 12.5. The molecule has 3 aromatic heterocycles. The van der Waals surface area contributed by atoms with Crippen LogP contribution in [0.3, 0.4) is 0 Å². The van der Waals surface area contributed by atoms with Crippen molar-refractivity contribution < 1.29 is 0 Å². The van der Waals surface area contributed by atoms with E-state index in [1.165, 1.54) is 0 Å². The van der Waals surface area contributed by atoms with E-state index in [4.69, 9.17) is 0 Å². The number of rotatable bonds is 3. The zero-order valence-corrected chi connectivity index (χ0v) is 11.5. The van der Waals surface area contributed by atoms with Crippen LogP contribution >= 0.6 is 22.7 Å². The van der Waals surface area contributed by atoms with Crippen molar-refractivity contribution in [1.82, 2.24) is 9.97 Å². The molecular formula is C13H12N2OS2. The van der Waals surface area contributed by atoms with Crippen molar-refractivity contribution in [1.29, 1.82) is 0 Å². The molecular weight excluding hydrogens is 264 g/mol. The van der Waals surface area contributed by atoms with Gasteiger partial charge in [0.25, 0.3) is 5.56 Å². The first kappa shape index (κ1) is 11.6. The number of H-pyrrole nitrogens is 1. The van der Waals surface area contributed by atoms with Crippen LogP contribution in [-0.4, -0.2) is 9.97 Å². The number of aromatic nitrogens is 2. The van der Waals surface area contributed by atoms with Crippen molar-refractivity contribution in [2.24, 2.45) is 0 Å². The number of aromatic amines is 1. The van der Waals surface area contributed by atoms with E-state index in [0.29, 0.717) is 0 Å². The van der Waals surface area contributed by atoms with Gasteiger partial charge in [-0.3, -0.25) is 4.79 Å². The van der Waals surface area contributed by atoms with Crippen LogP contribution in [0.1, 0.15) is 19.2 Å². The Morgan fingerprint density at radius 1 is 1.39 bits per heavy atom. The number of nitrogens with one attached hydrogen (secondary N) is 1. The number of fused-ring (bicyclic) bond motifs is 1. The SMILES string of the molecule is CCCc1nc2scc(-c3cccs3)c2c(=O)[nH]1. The van der Waals surface area contributed by atoms with Gasteiger partial charge in [0, 0.05) is 22.2 Å².